The molecule has 2 N–H and O–H groups in total. The summed E-state index contributed by atoms with van der Waals surface area (Å²) in [6.45, 7) is 0.492. The van der Waals surface area contributed by atoms with Crippen LogP contribution in [0.25, 0.3) is 0 Å². The number of fused-ring (bicyclic) bond motifs is 1. The van der Waals surface area contributed by atoms with Crippen molar-refractivity contribution in [3.63, 3.8) is 0 Å². The maximum absolute atomic E-state index is 12.6. The molecule has 2 unspecified atom stereocenters. The Labute approximate surface area is 143 Å². The molecule has 0 bridgehead atoms. The zero-order valence-electron chi connectivity index (χ0n) is 12.9. The molecule has 2 aliphatic rings. The van der Waals surface area contributed by atoms with Crippen LogP contribution in [-0.2, 0) is 14.4 Å². The number of anilines is 1. The maximum atomic E-state index is 12.6. The maximum Gasteiger partial charge on any atom is 0.305 e. The van der Waals surface area contributed by atoms with Gasteiger partial charge in [-0.05, 0) is 12.1 Å². The van der Waals surface area contributed by atoms with E-state index in [0.29, 0.717) is 23.7 Å². The van der Waals surface area contributed by atoms with Gasteiger partial charge in [-0.1, -0.05) is 12.1 Å². The third-order valence-electron chi connectivity index (χ3n) is 4.02. The van der Waals surface area contributed by atoms with E-state index in [1.807, 2.05) is 0 Å². The number of nitrogens with zero attached hydrogens (tertiary/aromatic N) is 1. The molecule has 2 heterocycles. The summed E-state index contributed by atoms with van der Waals surface area (Å²) >= 11 is 1.64. The van der Waals surface area contributed by atoms with Gasteiger partial charge in [0.15, 0.2) is 6.10 Å². The van der Waals surface area contributed by atoms with Gasteiger partial charge in [-0.25, -0.2) is 0 Å². The van der Waals surface area contributed by atoms with Crippen molar-refractivity contribution in [2.75, 3.05) is 23.4 Å². The summed E-state index contributed by atoms with van der Waals surface area (Å²) in [5.74, 6) is 0.359. The van der Waals surface area contributed by atoms with E-state index in [1.54, 1.807) is 40.9 Å². The van der Waals surface area contributed by atoms with Crippen molar-refractivity contribution in [1.29, 1.82) is 0 Å². The van der Waals surface area contributed by atoms with Crippen molar-refractivity contribution < 1.29 is 24.2 Å². The highest BCUT2D eigenvalue weighted by molar-refractivity contribution is 7.99. The van der Waals surface area contributed by atoms with E-state index in [-0.39, 0.29) is 30.7 Å². The molecule has 1 saturated heterocycles. The summed E-state index contributed by atoms with van der Waals surface area (Å²) in [7, 11) is 0. The smallest absolute Gasteiger partial charge is 0.305 e. The van der Waals surface area contributed by atoms with E-state index in [0.717, 1.165) is 5.75 Å². The summed E-state index contributed by atoms with van der Waals surface area (Å²) in [6, 6.07) is 6.70. The fraction of sp³-hybridized carbons (Fsp3) is 0.438. The van der Waals surface area contributed by atoms with Crippen LogP contribution in [0.4, 0.5) is 5.69 Å². The zero-order valence-corrected chi connectivity index (χ0v) is 13.8. The highest BCUT2D eigenvalue weighted by atomic mass is 32.2. The highest BCUT2D eigenvalue weighted by Crippen LogP contribution is 2.30. The fourth-order valence-corrected chi connectivity index (χ4v) is 3.92. The average Bonchev–Trinajstić information content (AvgIpc) is 2.55. The second-order valence-corrected chi connectivity index (χ2v) is 6.86. The van der Waals surface area contributed by atoms with E-state index < -0.39 is 12.1 Å². The number of aliphatic carboxylic acids is 1. The first-order valence-electron chi connectivity index (χ1n) is 7.70. The largest absolute Gasteiger partial charge is 0.481 e. The Hall–Kier alpha value is -2.22. The topological polar surface area (TPSA) is 95.9 Å². The van der Waals surface area contributed by atoms with Crippen LogP contribution in [0, 0.1) is 0 Å². The van der Waals surface area contributed by atoms with Crippen LogP contribution in [0.15, 0.2) is 24.3 Å². The van der Waals surface area contributed by atoms with Gasteiger partial charge in [0.05, 0.1) is 24.6 Å². The van der Waals surface area contributed by atoms with Crippen LogP contribution in [0.2, 0.25) is 0 Å². The van der Waals surface area contributed by atoms with Gasteiger partial charge >= 0.3 is 5.97 Å². The third-order valence-corrected chi connectivity index (χ3v) is 5.12. The molecule has 2 aliphatic heterocycles. The summed E-state index contributed by atoms with van der Waals surface area (Å²) in [5.41, 5.74) is 0.587. The number of hydrogen-bond acceptors (Lipinski definition) is 5. The molecule has 8 heteroatoms. The highest BCUT2D eigenvalue weighted by Gasteiger charge is 2.34. The second-order valence-electron chi connectivity index (χ2n) is 5.71. The molecule has 0 radical (unpaired) electrons. The summed E-state index contributed by atoms with van der Waals surface area (Å²) in [4.78, 5) is 37.3. The summed E-state index contributed by atoms with van der Waals surface area (Å²) in [5, 5.41) is 11.7. The Morgan fingerprint density at radius 3 is 2.92 bits per heavy atom. The monoisotopic (exact) mass is 350 g/mol. The van der Waals surface area contributed by atoms with Gasteiger partial charge in [-0.15, -0.1) is 0 Å². The van der Waals surface area contributed by atoms with Gasteiger partial charge in [-0.3, -0.25) is 14.4 Å². The number of carboxylic acids is 1. The molecule has 3 rings (SSSR count). The van der Waals surface area contributed by atoms with Crippen LogP contribution in [-0.4, -0.2) is 58.0 Å². The minimum absolute atomic E-state index is 0.0840. The molecule has 24 heavy (non-hydrogen) atoms. The number of carboxylic acid groups (broad SMARTS) is 1. The summed E-state index contributed by atoms with van der Waals surface area (Å²) in [6.07, 6.45) is -1.08. The Morgan fingerprint density at radius 2 is 2.12 bits per heavy atom. The first kappa shape index (κ1) is 16.6. The van der Waals surface area contributed by atoms with Gasteiger partial charge in [0.1, 0.15) is 5.75 Å². The van der Waals surface area contributed by atoms with Crippen molar-refractivity contribution in [2.45, 2.75) is 25.0 Å². The summed E-state index contributed by atoms with van der Waals surface area (Å²) < 4.78 is 5.64. The number of carbonyl (C=O) groups excluding carboxylic acids is 2. The number of nitrogens with one attached hydrogen (secondary N) is 1. The SMILES string of the molecule is O=C(O)CC1CSCCN1C(=O)CC1Oc2ccccc2NC1=O. The lowest BCUT2D eigenvalue weighted by Crippen LogP contribution is -2.49. The van der Waals surface area contributed by atoms with Crippen LogP contribution < -0.4 is 10.1 Å². The predicted octanol–water partition coefficient (Wildman–Crippen LogP) is 1.19. The number of thioether (sulfide) groups is 1. The molecule has 0 saturated carbocycles. The first-order valence-corrected chi connectivity index (χ1v) is 8.85. The molecule has 2 atom stereocenters. The second kappa shape index (κ2) is 7.12. The van der Waals surface area contributed by atoms with E-state index in [1.165, 1.54) is 0 Å². The number of rotatable bonds is 4. The Balaban J connectivity index is 1.67. The van der Waals surface area contributed by atoms with Crippen molar-refractivity contribution >= 4 is 35.2 Å². The predicted molar refractivity (Wildman–Crippen MR) is 89.2 cm³/mol. The molecule has 0 spiro atoms. The van der Waals surface area contributed by atoms with Gasteiger partial charge in [0.2, 0.25) is 5.91 Å². The number of ether oxygens (including phenoxy) is 1. The van der Waals surface area contributed by atoms with Crippen molar-refractivity contribution in [3.8, 4) is 5.75 Å². The molecule has 2 amide bonds. The van der Waals surface area contributed by atoms with Crippen LogP contribution >= 0.6 is 11.8 Å². The molecule has 0 aromatic heterocycles. The van der Waals surface area contributed by atoms with Gasteiger partial charge < -0.3 is 20.1 Å². The van der Waals surface area contributed by atoms with E-state index >= 15 is 0 Å². The van der Waals surface area contributed by atoms with Gasteiger partial charge in [-0.2, -0.15) is 11.8 Å². The number of amides is 2. The van der Waals surface area contributed by atoms with Crippen LogP contribution in [0.5, 0.6) is 5.75 Å². The minimum atomic E-state index is -0.930. The van der Waals surface area contributed by atoms with Crippen molar-refractivity contribution in [3.05, 3.63) is 24.3 Å². The van der Waals surface area contributed by atoms with Gasteiger partial charge in [0, 0.05) is 18.1 Å². The Morgan fingerprint density at radius 1 is 1.33 bits per heavy atom. The number of para-hydroxylation sites is 2. The quantitative estimate of drug-likeness (QED) is 0.847. The van der Waals surface area contributed by atoms with Crippen LogP contribution in [0.1, 0.15) is 12.8 Å². The number of hydrogen-bond donors (Lipinski definition) is 2. The molecular formula is C16H18N2O5S. The first-order chi connectivity index (χ1) is 11.5. The zero-order chi connectivity index (χ0) is 17.1. The lowest BCUT2D eigenvalue weighted by Gasteiger charge is -2.36. The van der Waals surface area contributed by atoms with E-state index in [9.17, 15) is 14.4 Å². The molecular weight excluding hydrogens is 332 g/mol. The van der Waals surface area contributed by atoms with E-state index in [4.69, 9.17) is 9.84 Å². The van der Waals surface area contributed by atoms with Crippen molar-refractivity contribution in [1.82, 2.24) is 4.90 Å². The molecule has 1 fully saturated rings. The molecule has 1 aromatic carbocycles. The van der Waals surface area contributed by atoms with Gasteiger partial charge in [0.25, 0.3) is 5.91 Å². The lowest BCUT2D eigenvalue weighted by atomic mass is 10.1. The average molecular weight is 350 g/mol. The number of benzene rings is 1. The molecule has 7 nitrogen and oxygen atoms in total. The van der Waals surface area contributed by atoms with Crippen LogP contribution in [0.3, 0.4) is 0 Å². The van der Waals surface area contributed by atoms with E-state index in [2.05, 4.69) is 5.32 Å². The standard InChI is InChI=1S/C16H18N2O5S/c19-14(18-5-6-24-9-10(18)7-15(20)21)8-13-16(22)17-11-3-1-2-4-12(11)23-13/h1-4,10,13H,5-9H2,(H,17,22)(H,20,21). The molecule has 128 valence electrons. The fourth-order valence-electron chi connectivity index (χ4n) is 2.86. The normalized spacial score (nSPS) is 23.0. The third kappa shape index (κ3) is 3.64. The van der Waals surface area contributed by atoms with Crippen molar-refractivity contribution in [2.24, 2.45) is 0 Å². The Bertz CT molecular complexity index is 666. The number of carbonyl (C=O) groups is 3. The molecule has 0 aliphatic carbocycles. The Kier molecular flexibility index (Phi) is 4.94. The minimum Gasteiger partial charge on any atom is -0.481 e. The lowest BCUT2D eigenvalue weighted by molar-refractivity contribution is -0.142. The molecule has 1 aromatic rings.